The number of amides is 1. The predicted molar refractivity (Wildman–Crippen MR) is 85.7 cm³/mol. The maximum atomic E-state index is 12.6. The molecule has 112 valence electrons. The number of aryl methyl sites for hydroxylation is 1. The van der Waals surface area contributed by atoms with Gasteiger partial charge in [0, 0.05) is 29.7 Å². The number of rotatable bonds is 2. The quantitative estimate of drug-likeness (QED) is 0.910. The van der Waals surface area contributed by atoms with Gasteiger partial charge in [0.15, 0.2) is 0 Å². The van der Waals surface area contributed by atoms with E-state index in [1.807, 2.05) is 24.0 Å². The third-order valence-corrected chi connectivity index (χ3v) is 4.16. The van der Waals surface area contributed by atoms with E-state index in [1.54, 1.807) is 6.07 Å². The zero-order chi connectivity index (χ0) is 14.0. The molecule has 0 saturated carbocycles. The lowest BCUT2D eigenvalue weighted by Gasteiger charge is -2.38. The molecule has 1 aliphatic rings. The van der Waals surface area contributed by atoms with Gasteiger partial charge in [-0.25, -0.2) is 0 Å². The Morgan fingerprint density at radius 3 is 2.80 bits per heavy atom. The highest BCUT2D eigenvalue weighted by Gasteiger charge is 2.30. The fraction of sp³-hybridized carbons (Fsp3) is 0.533. The van der Waals surface area contributed by atoms with Crippen LogP contribution in [0.2, 0.25) is 5.02 Å². The Balaban J connectivity index is 0.00000200. The number of benzene rings is 1. The lowest BCUT2D eigenvalue weighted by molar-refractivity contribution is 0.0573. The van der Waals surface area contributed by atoms with Crippen LogP contribution < -0.4 is 5.73 Å². The van der Waals surface area contributed by atoms with E-state index in [0.29, 0.717) is 17.5 Å². The Bertz CT molecular complexity index is 479. The van der Waals surface area contributed by atoms with Crippen molar-refractivity contribution in [3.05, 3.63) is 34.3 Å². The van der Waals surface area contributed by atoms with Crippen LogP contribution in [-0.4, -0.2) is 29.9 Å². The number of hydrogen-bond acceptors (Lipinski definition) is 2. The zero-order valence-corrected chi connectivity index (χ0v) is 13.5. The minimum absolute atomic E-state index is 0. The zero-order valence-electron chi connectivity index (χ0n) is 11.9. The average Bonchev–Trinajstić information content (AvgIpc) is 2.37. The van der Waals surface area contributed by atoms with Gasteiger partial charge in [0.25, 0.3) is 5.91 Å². The molecule has 0 spiro atoms. The van der Waals surface area contributed by atoms with Crippen LogP contribution in [0.3, 0.4) is 0 Å². The van der Waals surface area contributed by atoms with Crippen molar-refractivity contribution in [1.29, 1.82) is 0 Å². The highest BCUT2D eigenvalue weighted by Crippen LogP contribution is 2.25. The van der Waals surface area contributed by atoms with E-state index in [9.17, 15) is 4.79 Å². The first-order valence-electron chi connectivity index (χ1n) is 6.80. The Hall–Kier alpha value is -0.770. The number of piperidine rings is 1. The van der Waals surface area contributed by atoms with Crippen LogP contribution in [0, 0.1) is 12.8 Å². The van der Waals surface area contributed by atoms with Crippen LogP contribution in [0.1, 0.15) is 35.7 Å². The van der Waals surface area contributed by atoms with E-state index in [1.165, 1.54) is 0 Å². The maximum Gasteiger partial charge on any atom is 0.254 e. The molecule has 2 N–H and O–H groups in total. The van der Waals surface area contributed by atoms with E-state index in [2.05, 4.69) is 6.92 Å². The summed E-state index contributed by atoms with van der Waals surface area (Å²) in [7, 11) is 0. The summed E-state index contributed by atoms with van der Waals surface area (Å²) in [6.07, 6.45) is 2.05. The molecule has 1 heterocycles. The molecular formula is C15H22Cl2N2O. The van der Waals surface area contributed by atoms with Crippen molar-refractivity contribution in [1.82, 2.24) is 4.90 Å². The molecule has 1 saturated heterocycles. The number of halogens is 2. The molecule has 1 fully saturated rings. The first-order chi connectivity index (χ1) is 9.02. The lowest BCUT2D eigenvalue weighted by atomic mass is 9.91. The molecule has 3 nitrogen and oxygen atoms in total. The number of hydrogen-bond donors (Lipinski definition) is 1. The summed E-state index contributed by atoms with van der Waals surface area (Å²) in [5.41, 5.74) is 7.48. The fourth-order valence-corrected chi connectivity index (χ4v) is 2.99. The molecule has 0 bridgehead atoms. The van der Waals surface area contributed by atoms with Gasteiger partial charge in [-0.1, -0.05) is 18.5 Å². The molecule has 5 heteroatoms. The van der Waals surface area contributed by atoms with Gasteiger partial charge < -0.3 is 10.6 Å². The van der Waals surface area contributed by atoms with Crippen molar-refractivity contribution in [3.63, 3.8) is 0 Å². The first-order valence-corrected chi connectivity index (χ1v) is 7.18. The molecule has 0 radical (unpaired) electrons. The average molecular weight is 317 g/mol. The number of nitrogens with zero attached hydrogens (tertiary/aromatic N) is 1. The first kappa shape index (κ1) is 17.3. The summed E-state index contributed by atoms with van der Waals surface area (Å²) in [6.45, 7) is 5.47. The second kappa shape index (κ2) is 7.30. The molecule has 1 aromatic rings. The number of likely N-dealkylation sites (tertiary alicyclic amines) is 1. The maximum absolute atomic E-state index is 12.6. The molecule has 1 aliphatic heterocycles. The number of nitrogens with two attached hydrogens (primary N) is 1. The Morgan fingerprint density at radius 1 is 1.50 bits per heavy atom. The highest BCUT2D eigenvalue weighted by molar-refractivity contribution is 6.30. The van der Waals surface area contributed by atoms with Crippen LogP contribution in [0.5, 0.6) is 0 Å². The SMILES string of the molecule is Cc1cc(Cl)ccc1C(=O)N1CCC(C)CC1CN.Cl. The molecule has 2 unspecified atom stereocenters. The normalized spacial score (nSPS) is 22.3. The Morgan fingerprint density at radius 2 is 2.20 bits per heavy atom. The van der Waals surface area contributed by atoms with E-state index in [4.69, 9.17) is 17.3 Å². The second-order valence-corrected chi connectivity index (χ2v) is 5.91. The van der Waals surface area contributed by atoms with Gasteiger partial charge in [-0.2, -0.15) is 0 Å². The monoisotopic (exact) mass is 316 g/mol. The molecule has 0 aromatic heterocycles. The van der Waals surface area contributed by atoms with E-state index >= 15 is 0 Å². The predicted octanol–water partition coefficient (Wildman–Crippen LogP) is 3.27. The second-order valence-electron chi connectivity index (χ2n) is 5.48. The molecule has 2 atom stereocenters. The van der Waals surface area contributed by atoms with Crippen LogP contribution in [0.15, 0.2) is 18.2 Å². The largest absolute Gasteiger partial charge is 0.334 e. The van der Waals surface area contributed by atoms with Gasteiger partial charge in [-0.15, -0.1) is 12.4 Å². The number of carbonyl (C=O) groups is 1. The Kier molecular flexibility index (Phi) is 6.31. The summed E-state index contributed by atoms with van der Waals surface area (Å²) in [5, 5.41) is 0.664. The van der Waals surface area contributed by atoms with Crippen molar-refractivity contribution in [2.24, 2.45) is 11.7 Å². The van der Waals surface area contributed by atoms with Crippen molar-refractivity contribution in [2.45, 2.75) is 32.7 Å². The summed E-state index contributed by atoms with van der Waals surface area (Å²) in [5.74, 6) is 0.723. The molecule has 2 rings (SSSR count). The molecule has 20 heavy (non-hydrogen) atoms. The smallest absolute Gasteiger partial charge is 0.254 e. The summed E-state index contributed by atoms with van der Waals surface area (Å²) < 4.78 is 0. The van der Waals surface area contributed by atoms with Crippen molar-refractivity contribution < 1.29 is 4.79 Å². The molecule has 0 aliphatic carbocycles. The Labute approximate surface area is 131 Å². The van der Waals surface area contributed by atoms with Gasteiger partial charge in [0.1, 0.15) is 0 Å². The van der Waals surface area contributed by atoms with Crippen molar-refractivity contribution in [2.75, 3.05) is 13.1 Å². The molecule has 1 amide bonds. The topological polar surface area (TPSA) is 46.3 Å². The minimum Gasteiger partial charge on any atom is -0.334 e. The van der Waals surface area contributed by atoms with E-state index in [0.717, 1.165) is 30.5 Å². The summed E-state index contributed by atoms with van der Waals surface area (Å²) >= 11 is 5.94. The molecular weight excluding hydrogens is 295 g/mol. The van der Waals surface area contributed by atoms with E-state index < -0.39 is 0 Å². The molecule has 1 aromatic carbocycles. The van der Waals surface area contributed by atoms with Gasteiger partial charge in [-0.3, -0.25) is 4.79 Å². The van der Waals surface area contributed by atoms with Crippen LogP contribution in [0.4, 0.5) is 0 Å². The van der Waals surface area contributed by atoms with Crippen molar-refractivity contribution in [3.8, 4) is 0 Å². The minimum atomic E-state index is 0. The van der Waals surface area contributed by atoms with Crippen LogP contribution in [0.25, 0.3) is 0 Å². The standard InChI is InChI=1S/C15H21ClN2O.ClH/c1-10-5-6-18(13(7-10)9-17)15(19)14-4-3-12(16)8-11(14)2;/h3-4,8,10,13H,5-7,9,17H2,1-2H3;1H. The third-order valence-electron chi connectivity index (χ3n) is 3.93. The lowest BCUT2D eigenvalue weighted by Crippen LogP contribution is -2.49. The van der Waals surface area contributed by atoms with Gasteiger partial charge >= 0.3 is 0 Å². The number of carbonyl (C=O) groups excluding carboxylic acids is 1. The summed E-state index contributed by atoms with van der Waals surface area (Å²) in [6, 6.07) is 5.57. The van der Waals surface area contributed by atoms with Crippen LogP contribution >= 0.6 is 24.0 Å². The third kappa shape index (κ3) is 3.66. The fourth-order valence-electron chi connectivity index (χ4n) is 2.76. The van der Waals surface area contributed by atoms with Crippen molar-refractivity contribution >= 4 is 29.9 Å². The van der Waals surface area contributed by atoms with Gasteiger partial charge in [0.2, 0.25) is 0 Å². The highest BCUT2D eigenvalue weighted by atomic mass is 35.5. The van der Waals surface area contributed by atoms with E-state index in [-0.39, 0.29) is 24.4 Å². The van der Waals surface area contributed by atoms with Gasteiger partial charge in [-0.05, 0) is 49.4 Å². The summed E-state index contributed by atoms with van der Waals surface area (Å²) in [4.78, 5) is 14.6. The van der Waals surface area contributed by atoms with Gasteiger partial charge in [0.05, 0.1) is 0 Å². The van der Waals surface area contributed by atoms with Crippen LogP contribution in [-0.2, 0) is 0 Å².